The third-order valence-corrected chi connectivity index (χ3v) is 3.71. The Labute approximate surface area is 129 Å². The molecule has 0 saturated carbocycles. The van der Waals surface area contributed by atoms with Crippen LogP contribution in [0.1, 0.15) is 5.56 Å². The zero-order valence-electron chi connectivity index (χ0n) is 11.7. The Morgan fingerprint density at radius 3 is 2.43 bits per heavy atom. The van der Waals surface area contributed by atoms with Crippen LogP contribution in [0.5, 0.6) is 0 Å². The Hall–Kier alpha value is -2.46. The van der Waals surface area contributed by atoms with Gasteiger partial charge in [-0.05, 0) is 18.2 Å². The quantitative estimate of drug-likeness (QED) is 0.749. The second-order valence-electron chi connectivity index (χ2n) is 4.80. The molecule has 3 rings (SSSR count). The number of nitrogens with zero attached hydrogens (tertiary/aromatic N) is 2. The van der Waals surface area contributed by atoms with Crippen LogP contribution < -0.4 is 10.6 Å². The monoisotopic (exact) mass is 293 g/mol. The summed E-state index contributed by atoms with van der Waals surface area (Å²) in [5.74, 6) is 0. The standard InChI is InChI=1S/C17H15N3S/c1-20(12-7-3-2-4-8-12)16-13-9-5-6-10-15(13)19-11-14(16)17(18)21/h2-11H,1H3,(H2,18,21). The van der Waals surface area contributed by atoms with Crippen molar-refractivity contribution >= 4 is 39.5 Å². The minimum absolute atomic E-state index is 0.353. The summed E-state index contributed by atoms with van der Waals surface area (Å²) in [5.41, 5.74) is 9.66. The van der Waals surface area contributed by atoms with Crippen molar-refractivity contribution in [3.05, 3.63) is 66.4 Å². The van der Waals surface area contributed by atoms with Crippen LogP contribution in [-0.4, -0.2) is 17.0 Å². The Balaban J connectivity index is 2.28. The molecule has 0 spiro atoms. The molecule has 3 nitrogen and oxygen atoms in total. The molecule has 0 aliphatic rings. The van der Waals surface area contributed by atoms with E-state index in [9.17, 15) is 0 Å². The highest BCUT2D eigenvalue weighted by Gasteiger charge is 2.15. The molecule has 0 saturated heterocycles. The van der Waals surface area contributed by atoms with Crippen molar-refractivity contribution in [3.63, 3.8) is 0 Å². The number of para-hydroxylation sites is 2. The van der Waals surface area contributed by atoms with Crippen molar-refractivity contribution in [2.24, 2.45) is 5.73 Å². The van der Waals surface area contributed by atoms with Gasteiger partial charge in [0, 0.05) is 24.3 Å². The van der Waals surface area contributed by atoms with Crippen LogP contribution in [0.4, 0.5) is 11.4 Å². The maximum atomic E-state index is 5.89. The molecule has 104 valence electrons. The molecule has 3 aromatic rings. The molecule has 0 fully saturated rings. The smallest absolute Gasteiger partial charge is 0.107 e. The highest BCUT2D eigenvalue weighted by molar-refractivity contribution is 7.80. The Kier molecular flexibility index (Phi) is 3.54. The number of benzene rings is 2. The average molecular weight is 293 g/mol. The predicted octanol–water partition coefficient (Wildman–Crippen LogP) is 3.64. The lowest BCUT2D eigenvalue weighted by molar-refractivity contribution is 1.20. The second-order valence-corrected chi connectivity index (χ2v) is 5.24. The van der Waals surface area contributed by atoms with Crippen molar-refractivity contribution in [3.8, 4) is 0 Å². The molecular formula is C17H15N3S. The van der Waals surface area contributed by atoms with Gasteiger partial charge in [0.15, 0.2) is 0 Å². The Bertz CT molecular complexity index is 799. The fourth-order valence-corrected chi connectivity index (χ4v) is 2.60. The Morgan fingerprint density at radius 2 is 1.71 bits per heavy atom. The van der Waals surface area contributed by atoms with E-state index in [1.54, 1.807) is 6.20 Å². The van der Waals surface area contributed by atoms with Crippen molar-refractivity contribution < 1.29 is 0 Å². The minimum atomic E-state index is 0.353. The molecule has 1 heterocycles. The van der Waals surface area contributed by atoms with Gasteiger partial charge in [0.1, 0.15) is 4.99 Å². The minimum Gasteiger partial charge on any atom is -0.389 e. The van der Waals surface area contributed by atoms with Crippen LogP contribution in [0.25, 0.3) is 10.9 Å². The summed E-state index contributed by atoms with van der Waals surface area (Å²) in [4.78, 5) is 6.89. The lowest BCUT2D eigenvalue weighted by Crippen LogP contribution is -2.18. The van der Waals surface area contributed by atoms with E-state index >= 15 is 0 Å². The average Bonchev–Trinajstić information content (AvgIpc) is 2.53. The van der Waals surface area contributed by atoms with Crippen LogP contribution in [0.2, 0.25) is 0 Å². The summed E-state index contributed by atoms with van der Waals surface area (Å²) in [6.07, 6.45) is 1.75. The van der Waals surface area contributed by atoms with Gasteiger partial charge in [-0.1, -0.05) is 48.6 Å². The van der Waals surface area contributed by atoms with E-state index in [4.69, 9.17) is 18.0 Å². The fourth-order valence-electron chi connectivity index (χ4n) is 2.45. The van der Waals surface area contributed by atoms with Gasteiger partial charge in [0.05, 0.1) is 16.8 Å². The number of thiocarbonyl (C=S) groups is 1. The highest BCUT2D eigenvalue weighted by atomic mass is 32.1. The van der Waals surface area contributed by atoms with Crippen LogP contribution in [0.3, 0.4) is 0 Å². The largest absolute Gasteiger partial charge is 0.389 e. The number of aromatic nitrogens is 1. The molecule has 1 aromatic heterocycles. The third-order valence-electron chi connectivity index (χ3n) is 3.49. The first-order valence-corrected chi connectivity index (χ1v) is 7.05. The summed E-state index contributed by atoms with van der Waals surface area (Å²) in [6, 6.07) is 18.1. The molecule has 0 aliphatic heterocycles. The number of anilines is 2. The van der Waals surface area contributed by atoms with E-state index < -0.39 is 0 Å². The lowest BCUT2D eigenvalue weighted by atomic mass is 10.1. The number of fused-ring (bicyclic) bond motifs is 1. The second kappa shape index (κ2) is 5.50. The summed E-state index contributed by atoms with van der Waals surface area (Å²) in [6.45, 7) is 0. The molecule has 0 atom stereocenters. The third kappa shape index (κ3) is 2.45. The number of pyridine rings is 1. The first-order valence-electron chi connectivity index (χ1n) is 6.65. The molecule has 0 aliphatic carbocycles. The normalized spacial score (nSPS) is 10.5. The topological polar surface area (TPSA) is 42.1 Å². The van der Waals surface area contributed by atoms with Gasteiger partial charge in [0.2, 0.25) is 0 Å². The van der Waals surface area contributed by atoms with E-state index in [-0.39, 0.29) is 0 Å². The zero-order chi connectivity index (χ0) is 14.8. The molecule has 0 amide bonds. The van der Waals surface area contributed by atoms with E-state index in [0.29, 0.717) is 4.99 Å². The van der Waals surface area contributed by atoms with Gasteiger partial charge in [-0.3, -0.25) is 4.98 Å². The van der Waals surface area contributed by atoms with Gasteiger partial charge in [-0.2, -0.15) is 0 Å². The van der Waals surface area contributed by atoms with Gasteiger partial charge >= 0.3 is 0 Å². The molecule has 4 heteroatoms. The van der Waals surface area contributed by atoms with E-state index in [1.807, 2.05) is 49.5 Å². The molecule has 0 bridgehead atoms. The number of nitrogens with two attached hydrogens (primary N) is 1. The molecule has 2 N–H and O–H groups in total. The first kappa shape index (κ1) is 13.5. The van der Waals surface area contributed by atoms with Gasteiger partial charge < -0.3 is 10.6 Å². The van der Waals surface area contributed by atoms with E-state index in [1.165, 1.54) is 0 Å². The van der Waals surface area contributed by atoms with Crippen molar-refractivity contribution in [2.45, 2.75) is 0 Å². The number of hydrogen-bond donors (Lipinski definition) is 1. The molecule has 21 heavy (non-hydrogen) atoms. The summed E-state index contributed by atoms with van der Waals surface area (Å²) in [7, 11) is 2.01. The highest BCUT2D eigenvalue weighted by Crippen LogP contribution is 2.33. The van der Waals surface area contributed by atoms with Gasteiger partial charge in [-0.25, -0.2) is 0 Å². The van der Waals surface area contributed by atoms with Crippen LogP contribution in [0.15, 0.2) is 60.8 Å². The number of hydrogen-bond acceptors (Lipinski definition) is 3. The molecule has 0 unspecified atom stereocenters. The summed E-state index contributed by atoms with van der Waals surface area (Å²) in [5, 5.41) is 1.04. The van der Waals surface area contributed by atoms with E-state index in [0.717, 1.165) is 27.8 Å². The molecule has 2 aromatic carbocycles. The van der Waals surface area contributed by atoms with Crippen molar-refractivity contribution in [1.82, 2.24) is 4.98 Å². The SMILES string of the molecule is CN(c1ccccc1)c1c(C(N)=S)cnc2ccccc12. The van der Waals surface area contributed by atoms with Crippen LogP contribution in [0, 0.1) is 0 Å². The Morgan fingerprint density at radius 1 is 1.05 bits per heavy atom. The maximum Gasteiger partial charge on any atom is 0.107 e. The zero-order valence-corrected chi connectivity index (χ0v) is 12.5. The van der Waals surface area contributed by atoms with Gasteiger partial charge in [-0.15, -0.1) is 0 Å². The lowest BCUT2D eigenvalue weighted by Gasteiger charge is -2.24. The van der Waals surface area contributed by atoms with Crippen molar-refractivity contribution in [2.75, 3.05) is 11.9 Å². The van der Waals surface area contributed by atoms with Crippen molar-refractivity contribution in [1.29, 1.82) is 0 Å². The molecule has 0 radical (unpaired) electrons. The summed E-state index contributed by atoms with van der Waals surface area (Å²) >= 11 is 5.19. The molecular weight excluding hydrogens is 278 g/mol. The van der Waals surface area contributed by atoms with Gasteiger partial charge in [0.25, 0.3) is 0 Å². The first-order chi connectivity index (χ1) is 10.2. The van der Waals surface area contributed by atoms with Crippen LogP contribution in [-0.2, 0) is 0 Å². The summed E-state index contributed by atoms with van der Waals surface area (Å²) < 4.78 is 0. The van der Waals surface area contributed by atoms with E-state index in [2.05, 4.69) is 22.0 Å². The predicted molar refractivity (Wildman–Crippen MR) is 92.1 cm³/mol. The fraction of sp³-hybridized carbons (Fsp3) is 0.0588. The maximum absolute atomic E-state index is 5.89. The number of rotatable bonds is 3. The van der Waals surface area contributed by atoms with Crippen LogP contribution >= 0.6 is 12.2 Å².